The van der Waals surface area contributed by atoms with Crippen LogP contribution in [0.3, 0.4) is 0 Å². The SMILES string of the molecule is CCOC(=O)c1c(C2CC2)csc1NC(=O)Cn1ncc2ccccc2c1=O. The smallest absolute Gasteiger partial charge is 0.341 e. The zero-order chi connectivity index (χ0) is 19.7. The van der Waals surface area contributed by atoms with E-state index in [-0.39, 0.29) is 18.7 Å². The molecule has 0 aliphatic heterocycles. The highest BCUT2D eigenvalue weighted by atomic mass is 32.1. The van der Waals surface area contributed by atoms with Crippen molar-refractivity contribution in [3.05, 3.63) is 57.3 Å². The van der Waals surface area contributed by atoms with E-state index >= 15 is 0 Å². The molecule has 0 bridgehead atoms. The number of amides is 1. The van der Waals surface area contributed by atoms with E-state index in [1.165, 1.54) is 11.3 Å². The third-order valence-electron chi connectivity index (χ3n) is 4.62. The summed E-state index contributed by atoms with van der Waals surface area (Å²) in [6.45, 7) is 1.78. The molecule has 1 N–H and O–H groups in total. The summed E-state index contributed by atoms with van der Waals surface area (Å²) in [4.78, 5) is 37.5. The monoisotopic (exact) mass is 397 g/mol. The van der Waals surface area contributed by atoms with Gasteiger partial charge in [-0.1, -0.05) is 18.2 Å². The Balaban J connectivity index is 1.57. The highest BCUT2D eigenvalue weighted by Crippen LogP contribution is 2.46. The van der Waals surface area contributed by atoms with Crippen molar-refractivity contribution in [2.24, 2.45) is 0 Å². The van der Waals surface area contributed by atoms with Gasteiger partial charge in [-0.15, -0.1) is 11.3 Å². The quantitative estimate of drug-likeness (QED) is 0.645. The van der Waals surface area contributed by atoms with Gasteiger partial charge in [0.25, 0.3) is 5.56 Å². The van der Waals surface area contributed by atoms with Gasteiger partial charge in [0.1, 0.15) is 11.5 Å². The molecule has 0 unspecified atom stereocenters. The summed E-state index contributed by atoms with van der Waals surface area (Å²) in [6, 6.07) is 7.09. The van der Waals surface area contributed by atoms with Crippen molar-refractivity contribution < 1.29 is 14.3 Å². The van der Waals surface area contributed by atoms with Crippen molar-refractivity contribution in [2.45, 2.75) is 32.2 Å². The number of hydrogen-bond acceptors (Lipinski definition) is 6. The molecule has 0 atom stereocenters. The van der Waals surface area contributed by atoms with Gasteiger partial charge < -0.3 is 10.1 Å². The maximum Gasteiger partial charge on any atom is 0.341 e. The summed E-state index contributed by atoms with van der Waals surface area (Å²) in [5.41, 5.74) is 1.03. The van der Waals surface area contributed by atoms with Gasteiger partial charge in [-0.05, 0) is 42.7 Å². The van der Waals surface area contributed by atoms with E-state index in [0.717, 1.165) is 28.5 Å². The molecule has 7 nitrogen and oxygen atoms in total. The lowest BCUT2D eigenvalue weighted by Crippen LogP contribution is -2.29. The Morgan fingerprint density at radius 1 is 1.32 bits per heavy atom. The standard InChI is InChI=1S/C20H19N3O4S/c1-2-27-20(26)17-15(12-7-8-12)11-28-18(17)22-16(24)10-23-19(25)14-6-4-3-5-13(14)9-21-23/h3-6,9,11-12H,2,7-8,10H2,1H3,(H,22,24). The highest BCUT2D eigenvalue weighted by Gasteiger charge is 2.32. The number of esters is 1. The molecule has 1 aliphatic rings. The third kappa shape index (κ3) is 3.55. The van der Waals surface area contributed by atoms with Crippen LogP contribution in [0.25, 0.3) is 10.8 Å². The fraction of sp³-hybridized carbons (Fsp3) is 0.300. The third-order valence-corrected chi connectivity index (χ3v) is 5.54. The predicted molar refractivity (Wildman–Crippen MR) is 107 cm³/mol. The lowest BCUT2D eigenvalue weighted by Gasteiger charge is -2.09. The van der Waals surface area contributed by atoms with Gasteiger partial charge in [0.15, 0.2) is 0 Å². The summed E-state index contributed by atoms with van der Waals surface area (Å²) < 4.78 is 6.28. The van der Waals surface area contributed by atoms with E-state index in [9.17, 15) is 14.4 Å². The number of aromatic nitrogens is 2. The minimum Gasteiger partial charge on any atom is -0.462 e. The maximum atomic E-state index is 12.5. The van der Waals surface area contributed by atoms with Crippen molar-refractivity contribution in [3.63, 3.8) is 0 Å². The second-order valence-electron chi connectivity index (χ2n) is 6.63. The van der Waals surface area contributed by atoms with Crippen LogP contribution < -0.4 is 10.9 Å². The Kier molecular flexibility index (Phi) is 4.95. The number of carbonyl (C=O) groups is 2. The molecule has 2 aromatic heterocycles. The van der Waals surface area contributed by atoms with Gasteiger partial charge >= 0.3 is 5.97 Å². The number of anilines is 1. The first-order valence-corrected chi connectivity index (χ1v) is 9.99. The summed E-state index contributed by atoms with van der Waals surface area (Å²) in [6.07, 6.45) is 3.63. The molecular weight excluding hydrogens is 378 g/mol. The fourth-order valence-electron chi connectivity index (χ4n) is 3.11. The Bertz CT molecular complexity index is 1110. The first kappa shape index (κ1) is 18.4. The van der Waals surface area contributed by atoms with Crippen molar-refractivity contribution in [3.8, 4) is 0 Å². The van der Waals surface area contributed by atoms with Crippen LogP contribution in [-0.2, 0) is 16.1 Å². The number of nitrogens with zero attached hydrogens (tertiary/aromatic N) is 2. The molecule has 2 heterocycles. The van der Waals surface area contributed by atoms with Crippen LogP contribution in [0.4, 0.5) is 5.00 Å². The predicted octanol–water partition coefficient (Wildman–Crippen LogP) is 3.15. The molecule has 1 amide bonds. The summed E-state index contributed by atoms with van der Waals surface area (Å²) in [5, 5.41) is 10.4. The number of rotatable bonds is 6. The average molecular weight is 397 g/mol. The molecule has 3 aromatic rings. The number of benzene rings is 1. The van der Waals surface area contributed by atoms with Crippen LogP contribution in [0, 0.1) is 0 Å². The summed E-state index contributed by atoms with van der Waals surface area (Å²) in [5.74, 6) is -0.493. The molecule has 144 valence electrons. The first-order valence-electron chi connectivity index (χ1n) is 9.11. The van der Waals surface area contributed by atoms with E-state index in [0.29, 0.717) is 21.9 Å². The van der Waals surface area contributed by atoms with Crippen molar-refractivity contribution in [2.75, 3.05) is 11.9 Å². The molecule has 1 fully saturated rings. The molecular formula is C20H19N3O4S. The fourth-order valence-corrected chi connectivity index (χ4v) is 4.16. The molecule has 8 heteroatoms. The Morgan fingerprint density at radius 2 is 2.11 bits per heavy atom. The van der Waals surface area contributed by atoms with Crippen molar-refractivity contribution in [1.82, 2.24) is 9.78 Å². The van der Waals surface area contributed by atoms with Crippen molar-refractivity contribution >= 4 is 39.0 Å². The topological polar surface area (TPSA) is 90.3 Å². The number of carbonyl (C=O) groups excluding carboxylic acids is 2. The normalized spacial score (nSPS) is 13.5. The van der Waals surface area contributed by atoms with Crippen molar-refractivity contribution in [1.29, 1.82) is 0 Å². The van der Waals surface area contributed by atoms with E-state index in [1.807, 2.05) is 11.4 Å². The summed E-state index contributed by atoms with van der Waals surface area (Å²) in [7, 11) is 0. The zero-order valence-electron chi connectivity index (χ0n) is 15.3. The average Bonchev–Trinajstić information content (AvgIpc) is 3.45. The number of ether oxygens (including phenoxy) is 1. The van der Waals surface area contributed by atoms with E-state index in [4.69, 9.17) is 4.74 Å². The van der Waals surface area contributed by atoms with E-state index in [2.05, 4.69) is 10.4 Å². The van der Waals surface area contributed by atoms with Crippen LogP contribution in [0.2, 0.25) is 0 Å². The molecule has 28 heavy (non-hydrogen) atoms. The van der Waals surface area contributed by atoms with E-state index in [1.54, 1.807) is 31.3 Å². The minimum absolute atomic E-state index is 0.234. The summed E-state index contributed by atoms with van der Waals surface area (Å²) >= 11 is 1.30. The number of thiophene rings is 1. The maximum absolute atomic E-state index is 12.5. The van der Waals surface area contributed by atoms with E-state index < -0.39 is 11.9 Å². The Labute approximate surface area is 164 Å². The van der Waals surface area contributed by atoms with Gasteiger partial charge in [-0.25, -0.2) is 9.48 Å². The molecule has 0 saturated heterocycles. The second-order valence-corrected chi connectivity index (χ2v) is 7.51. The second kappa shape index (κ2) is 7.55. The molecule has 1 aliphatic carbocycles. The Morgan fingerprint density at radius 3 is 2.86 bits per heavy atom. The molecule has 4 rings (SSSR count). The molecule has 0 radical (unpaired) electrons. The molecule has 0 spiro atoms. The number of nitrogens with one attached hydrogen (secondary N) is 1. The van der Waals surface area contributed by atoms with Crippen LogP contribution in [0.5, 0.6) is 0 Å². The molecule has 1 aromatic carbocycles. The van der Waals surface area contributed by atoms with Crippen LogP contribution in [-0.4, -0.2) is 28.3 Å². The lowest BCUT2D eigenvalue weighted by molar-refractivity contribution is -0.116. The van der Waals surface area contributed by atoms with Gasteiger partial charge in [0, 0.05) is 5.39 Å². The van der Waals surface area contributed by atoms with Crippen LogP contribution in [0.1, 0.15) is 41.6 Å². The Hall–Kier alpha value is -3.00. The van der Waals surface area contributed by atoms with Crippen LogP contribution >= 0.6 is 11.3 Å². The van der Waals surface area contributed by atoms with Gasteiger partial charge in [0.2, 0.25) is 5.91 Å². The van der Waals surface area contributed by atoms with Crippen LogP contribution in [0.15, 0.2) is 40.6 Å². The molecule has 1 saturated carbocycles. The van der Waals surface area contributed by atoms with Gasteiger partial charge in [-0.3, -0.25) is 9.59 Å². The number of fused-ring (bicyclic) bond motifs is 1. The number of hydrogen-bond donors (Lipinski definition) is 1. The van der Waals surface area contributed by atoms with Gasteiger partial charge in [-0.2, -0.15) is 5.10 Å². The lowest BCUT2D eigenvalue weighted by atomic mass is 10.1. The highest BCUT2D eigenvalue weighted by molar-refractivity contribution is 7.15. The minimum atomic E-state index is -0.429. The largest absolute Gasteiger partial charge is 0.462 e. The van der Waals surface area contributed by atoms with Gasteiger partial charge in [0.05, 0.1) is 23.8 Å². The first-order chi connectivity index (χ1) is 13.6. The zero-order valence-corrected chi connectivity index (χ0v) is 16.1.